The average Bonchev–Trinajstić information content (AvgIpc) is 2.92. The van der Waals surface area contributed by atoms with E-state index in [-0.39, 0.29) is 18.3 Å². The summed E-state index contributed by atoms with van der Waals surface area (Å²) < 4.78 is 10.8. The quantitative estimate of drug-likeness (QED) is 0.743. The monoisotopic (exact) mass is 208 g/mol. The van der Waals surface area contributed by atoms with Crippen molar-refractivity contribution in [3.05, 3.63) is 35.9 Å². The van der Waals surface area contributed by atoms with Gasteiger partial charge in [0.2, 0.25) is 0 Å². The van der Waals surface area contributed by atoms with E-state index in [9.17, 15) is 0 Å². The lowest BCUT2D eigenvalue weighted by molar-refractivity contribution is 0.104. The fraction of sp³-hybridized carbons (Fsp3) is 0.500. The molecule has 0 amide bonds. The summed E-state index contributed by atoms with van der Waals surface area (Å²) in [6.45, 7) is 3.10. The predicted molar refractivity (Wildman–Crippen MR) is 56.5 cm³/mol. The minimum Gasteiger partial charge on any atom is -0.393 e. The molecule has 1 N–H and O–H groups in total. The van der Waals surface area contributed by atoms with Crippen molar-refractivity contribution < 1.29 is 14.6 Å². The molecule has 0 aliphatic carbocycles. The van der Waals surface area contributed by atoms with Crippen molar-refractivity contribution in [2.24, 2.45) is 0 Å². The van der Waals surface area contributed by atoms with Crippen molar-refractivity contribution >= 4 is 0 Å². The van der Waals surface area contributed by atoms with E-state index in [4.69, 9.17) is 14.6 Å². The molecular weight excluding hydrogens is 192 g/mol. The number of benzene rings is 1. The first-order chi connectivity index (χ1) is 7.24. The average molecular weight is 208 g/mol. The Morgan fingerprint density at radius 2 is 2.13 bits per heavy atom. The zero-order chi connectivity index (χ0) is 10.7. The van der Waals surface area contributed by atoms with Crippen LogP contribution in [0, 0.1) is 0 Å². The Bertz CT molecular complexity index is 312. The van der Waals surface area contributed by atoms with Gasteiger partial charge in [-0.05, 0) is 12.5 Å². The Hall–Kier alpha value is -0.900. The molecule has 1 aliphatic rings. The molecule has 15 heavy (non-hydrogen) atoms. The van der Waals surface area contributed by atoms with Gasteiger partial charge in [0, 0.05) is 0 Å². The maximum absolute atomic E-state index is 8.97. The molecule has 1 aliphatic heterocycles. The normalized spacial score (nSPS) is 29.1. The van der Waals surface area contributed by atoms with E-state index in [2.05, 4.69) is 0 Å². The van der Waals surface area contributed by atoms with Gasteiger partial charge < -0.3 is 14.6 Å². The van der Waals surface area contributed by atoms with Gasteiger partial charge in [0.1, 0.15) is 11.7 Å². The third-order valence-corrected chi connectivity index (χ3v) is 2.73. The second-order valence-corrected chi connectivity index (χ2v) is 4.08. The Morgan fingerprint density at radius 3 is 2.73 bits per heavy atom. The Morgan fingerprint density at radius 1 is 1.40 bits per heavy atom. The van der Waals surface area contributed by atoms with Crippen LogP contribution in [0.15, 0.2) is 30.3 Å². The van der Waals surface area contributed by atoms with Crippen LogP contribution in [0.3, 0.4) is 0 Å². The number of epoxide rings is 1. The SMILES string of the molecule is C[C@@]1(CO)O[C@H]1COCc1ccccc1. The van der Waals surface area contributed by atoms with Crippen LogP contribution in [0.5, 0.6) is 0 Å². The molecule has 1 aromatic carbocycles. The van der Waals surface area contributed by atoms with Gasteiger partial charge in [0.25, 0.3) is 0 Å². The van der Waals surface area contributed by atoms with E-state index in [1.165, 1.54) is 0 Å². The second kappa shape index (κ2) is 4.31. The number of hydrogen-bond acceptors (Lipinski definition) is 3. The standard InChI is InChI=1S/C12H16O3/c1-12(9-13)11(15-12)8-14-7-10-5-3-2-4-6-10/h2-6,11,13H,7-9H2,1H3/t11-,12-/m0/s1. The molecule has 1 saturated heterocycles. The van der Waals surface area contributed by atoms with Crippen LogP contribution in [0.25, 0.3) is 0 Å². The fourth-order valence-electron chi connectivity index (χ4n) is 1.50. The van der Waals surface area contributed by atoms with Crippen LogP contribution in [0.2, 0.25) is 0 Å². The minimum absolute atomic E-state index is 0.0474. The second-order valence-electron chi connectivity index (χ2n) is 4.08. The lowest BCUT2D eigenvalue weighted by Crippen LogP contribution is -2.18. The van der Waals surface area contributed by atoms with Crippen molar-refractivity contribution in [1.82, 2.24) is 0 Å². The zero-order valence-electron chi connectivity index (χ0n) is 8.85. The molecule has 82 valence electrons. The number of aliphatic hydroxyl groups excluding tert-OH is 1. The summed E-state index contributed by atoms with van der Waals surface area (Å²) in [6, 6.07) is 10.0. The molecule has 3 heteroatoms. The van der Waals surface area contributed by atoms with Crippen LogP contribution in [-0.2, 0) is 16.1 Å². The highest BCUT2D eigenvalue weighted by molar-refractivity contribution is 5.13. The van der Waals surface area contributed by atoms with Crippen molar-refractivity contribution in [1.29, 1.82) is 0 Å². The third kappa shape index (κ3) is 2.56. The van der Waals surface area contributed by atoms with Crippen LogP contribution in [0.4, 0.5) is 0 Å². The molecule has 1 fully saturated rings. The summed E-state index contributed by atoms with van der Waals surface area (Å²) >= 11 is 0. The molecule has 2 atom stereocenters. The van der Waals surface area contributed by atoms with Crippen LogP contribution in [0.1, 0.15) is 12.5 Å². The summed E-state index contributed by atoms with van der Waals surface area (Å²) in [7, 11) is 0. The number of ether oxygens (including phenoxy) is 2. The summed E-state index contributed by atoms with van der Waals surface area (Å²) in [5.41, 5.74) is 0.792. The number of aliphatic hydroxyl groups is 1. The first-order valence-corrected chi connectivity index (χ1v) is 5.15. The molecule has 0 bridgehead atoms. The van der Waals surface area contributed by atoms with Crippen LogP contribution >= 0.6 is 0 Å². The smallest absolute Gasteiger partial charge is 0.117 e. The predicted octanol–water partition coefficient (Wildman–Crippen LogP) is 1.35. The van der Waals surface area contributed by atoms with Gasteiger partial charge in [-0.25, -0.2) is 0 Å². The number of rotatable bonds is 5. The molecule has 1 aromatic rings. The van der Waals surface area contributed by atoms with E-state index in [1.807, 2.05) is 37.3 Å². The molecule has 2 rings (SSSR count). The Balaban J connectivity index is 1.69. The summed E-state index contributed by atoms with van der Waals surface area (Å²) in [5, 5.41) is 8.97. The topological polar surface area (TPSA) is 42.0 Å². The zero-order valence-corrected chi connectivity index (χ0v) is 8.85. The van der Waals surface area contributed by atoms with E-state index in [1.54, 1.807) is 0 Å². The van der Waals surface area contributed by atoms with Crippen molar-refractivity contribution in [2.75, 3.05) is 13.2 Å². The molecule has 0 unspecified atom stereocenters. The third-order valence-electron chi connectivity index (χ3n) is 2.73. The maximum Gasteiger partial charge on any atom is 0.117 e. The first kappa shape index (κ1) is 10.6. The van der Waals surface area contributed by atoms with Crippen LogP contribution < -0.4 is 0 Å². The van der Waals surface area contributed by atoms with Crippen molar-refractivity contribution in [3.8, 4) is 0 Å². The van der Waals surface area contributed by atoms with Gasteiger partial charge in [-0.1, -0.05) is 30.3 Å². The van der Waals surface area contributed by atoms with Crippen LogP contribution in [-0.4, -0.2) is 30.0 Å². The van der Waals surface area contributed by atoms with E-state index >= 15 is 0 Å². The summed E-state index contributed by atoms with van der Waals surface area (Å²) in [4.78, 5) is 0. The molecule has 0 spiro atoms. The largest absolute Gasteiger partial charge is 0.393 e. The van der Waals surface area contributed by atoms with Gasteiger partial charge in [-0.2, -0.15) is 0 Å². The van der Waals surface area contributed by atoms with Gasteiger partial charge >= 0.3 is 0 Å². The van der Waals surface area contributed by atoms with Crippen molar-refractivity contribution in [3.63, 3.8) is 0 Å². The molecular formula is C12H16O3. The highest BCUT2D eigenvalue weighted by atomic mass is 16.6. The number of hydrogen-bond donors (Lipinski definition) is 1. The fourth-order valence-corrected chi connectivity index (χ4v) is 1.50. The lowest BCUT2D eigenvalue weighted by atomic mass is 10.1. The van der Waals surface area contributed by atoms with Gasteiger partial charge in [-0.15, -0.1) is 0 Å². The molecule has 1 heterocycles. The van der Waals surface area contributed by atoms with Gasteiger partial charge in [0.15, 0.2) is 0 Å². The molecule has 0 radical (unpaired) electrons. The van der Waals surface area contributed by atoms with E-state index in [0.29, 0.717) is 13.2 Å². The molecule has 0 aromatic heterocycles. The van der Waals surface area contributed by atoms with E-state index in [0.717, 1.165) is 5.56 Å². The summed E-state index contributed by atoms with van der Waals surface area (Å²) in [5.74, 6) is 0. The highest BCUT2D eigenvalue weighted by Gasteiger charge is 2.51. The van der Waals surface area contributed by atoms with Gasteiger partial charge in [0.05, 0.1) is 19.8 Å². The van der Waals surface area contributed by atoms with Gasteiger partial charge in [-0.3, -0.25) is 0 Å². The molecule has 3 nitrogen and oxygen atoms in total. The van der Waals surface area contributed by atoms with E-state index < -0.39 is 0 Å². The Kier molecular flexibility index (Phi) is 3.05. The first-order valence-electron chi connectivity index (χ1n) is 5.15. The molecule has 0 saturated carbocycles. The maximum atomic E-state index is 8.97. The Labute approximate surface area is 89.6 Å². The minimum atomic E-state index is -0.364. The highest BCUT2D eigenvalue weighted by Crippen LogP contribution is 2.35. The summed E-state index contributed by atoms with van der Waals surface area (Å²) in [6.07, 6.45) is 0.0474. The van der Waals surface area contributed by atoms with Crippen molar-refractivity contribution in [2.45, 2.75) is 25.2 Å². The lowest BCUT2D eigenvalue weighted by Gasteiger charge is -2.03.